The van der Waals surface area contributed by atoms with Gasteiger partial charge >= 0.3 is 12.1 Å². The molecule has 1 fully saturated rings. The van der Waals surface area contributed by atoms with Crippen LogP contribution in [0.25, 0.3) is 11.4 Å². The van der Waals surface area contributed by atoms with E-state index in [1.54, 1.807) is 25.7 Å². The van der Waals surface area contributed by atoms with Crippen LogP contribution >= 0.6 is 0 Å². The van der Waals surface area contributed by atoms with Crippen LogP contribution < -0.4 is 16.0 Å². The van der Waals surface area contributed by atoms with E-state index >= 15 is 0 Å². The molecule has 0 radical (unpaired) electrons. The maximum absolute atomic E-state index is 14.3. The van der Waals surface area contributed by atoms with E-state index in [9.17, 15) is 23.2 Å². The highest BCUT2D eigenvalue weighted by Gasteiger charge is 2.31. The Morgan fingerprint density at radius 2 is 1.77 bits per heavy atom. The van der Waals surface area contributed by atoms with E-state index in [0.29, 0.717) is 25.9 Å². The summed E-state index contributed by atoms with van der Waals surface area (Å²) < 4.78 is 34.0. The summed E-state index contributed by atoms with van der Waals surface area (Å²) >= 11 is 0. The van der Waals surface area contributed by atoms with Crippen LogP contribution in [0.15, 0.2) is 18.2 Å². The Bertz CT molecular complexity index is 1160. The maximum Gasteiger partial charge on any atom is 0.410 e. The van der Waals surface area contributed by atoms with Gasteiger partial charge in [-0.1, -0.05) is 6.07 Å². The Hall–Kier alpha value is -3.83. The summed E-state index contributed by atoms with van der Waals surface area (Å²) in [6.45, 7) is 6.22. The number of hydrogen-bond donors (Lipinski definition) is 3. The average molecular weight is 488 g/mol. The lowest BCUT2D eigenvalue weighted by molar-refractivity contribution is 0.0202. The first-order valence-electron chi connectivity index (χ1n) is 11.2. The molecule has 1 aromatic carbocycles. The number of aromatic nitrogens is 2. The van der Waals surface area contributed by atoms with E-state index < -0.39 is 40.8 Å². The van der Waals surface area contributed by atoms with Crippen molar-refractivity contribution in [3.8, 4) is 11.4 Å². The SMILES string of the molecule is CC(C)(C)OC(=O)N1CCC(NC(=O)Nc2nc(-c3c(F)cccc3F)nc3c2C(=O)NC3)CC1. The Morgan fingerprint density at radius 3 is 2.40 bits per heavy atom. The number of ether oxygens (including phenoxy) is 1. The third kappa shape index (κ3) is 5.47. The fourth-order valence-corrected chi connectivity index (χ4v) is 3.90. The summed E-state index contributed by atoms with van der Waals surface area (Å²) in [5.41, 5.74) is -0.780. The number of amides is 4. The lowest BCUT2D eigenvalue weighted by atomic mass is 10.1. The zero-order valence-electron chi connectivity index (χ0n) is 19.6. The highest BCUT2D eigenvalue weighted by Crippen LogP contribution is 2.29. The second-order valence-electron chi connectivity index (χ2n) is 9.34. The van der Waals surface area contributed by atoms with Crippen molar-refractivity contribution in [3.63, 3.8) is 0 Å². The molecule has 0 unspecified atom stereocenters. The summed E-state index contributed by atoms with van der Waals surface area (Å²) in [5, 5.41) is 7.89. The lowest BCUT2D eigenvalue weighted by Gasteiger charge is -2.33. The van der Waals surface area contributed by atoms with Gasteiger partial charge in [0.25, 0.3) is 5.91 Å². The summed E-state index contributed by atoms with van der Waals surface area (Å²) in [5.74, 6) is -2.66. The van der Waals surface area contributed by atoms with Crippen molar-refractivity contribution >= 4 is 23.8 Å². The van der Waals surface area contributed by atoms with Crippen molar-refractivity contribution in [1.82, 2.24) is 25.5 Å². The molecule has 35 heavy (non-hydrogen) atoms. The van der Waals surface area contributed by atoms with Crippen LogP contribution in [0, 0.1) is 11.6 Å². The van der Waals surface area contributed by atoms with Crippen molar-refractivity contribution in [2.45, 2.75) is 51.8 Å². The smallest absolute Gasteiger partial charge is 0.410 e. The quantitative estimate of drug-likeness (QED) is 0.609. The number of anilines is 1. The summed E-state index contributed by atoms with van der Waals surface area (Å²) in [7, 11) is 0. The number of likely N-dealkylation sites (tertiary alicyclic amines) is 1. The highest BCUT2D eigenvalue weighted by atomic mass is 19.1. The molecule has 2 aliphatic heterocycles. The van der Waals surface area contributed by atoms with Crippen LogP contribution in [-0.2, 0) is 11.3 Å². The van der Waals surface area contributed by atoms with Crippen molar-refractivity contribution in [1.29, 1.82) is 0 Å². The molecule has 0 bridgehead atoms. The number of carbonyl (C=O) groups is 3. The van der Waals surface area contributed by atoms with Gasteiger partial charge in [-0.3, -0.25) is 10.1 Å². The summed E-state index contributed by atoms with van der Waals surface area (Å²) in [4.78, 5) is 47.0. The molecular formula is C23H26F2N6O4. The molecule has 4 rings (SSSR count). The topological polar surface area (TPSA) is 126 Å². The van der Waals surface area contributed by atoms with E-state index in [4.69, 9.17) is 4.74 Å². The van der Waals surface area contributed by atoms with Gasteiger partial charge in [0.1, 0.15) is 22.8 Å². The minimum absolute atomic E-state index is 0.0409. The molecule has 10 nitrogen and oxygen atoms in total. The van der Waals surface area contributed by atoms with Gasteiger partial charge < -0.3 is 20.3 Å². The fraction of sp³-hybridized carbons (Fsp3) is 0.435. The number of urea groups is 1. The third-order valence-corrected chi connectivity index (χ3v) is 5.53. The first-order chi connectivity index (χ1) is 16.5. The van der Waals surface area contributed by atoms with E-state index in [2.05, 4.69) is 25.9 Å². The van der Waals surface area contributed by atoms with Crippen LogP contribution in [0.1, 0.15) is 49.7 Å². The van der Waals surface area contributed by atoms with Gasteiger partial charge in [-0.15, -0.1) is 0 Å². The van der Waals surface area contributed by atoms with E-state index in [-0.39, 0.29) is 35.5 Å². The number of carbonyl (C=O) groups excluding carboxylic acids is 3. The maximum atomic E-state index is 14.3. The molecular weight excluding hydrogens is 462 g/mol. The monoisotopic (exact) mass is 488 g/mol. The molecule has 186 valence electrons. The summed E-state index contributed by atoms with van der Waals surface area (Å²) in [6.07, 6.45) is 0.595. The third-order valence-electron chi connectivity index (χ3n) is 5.53. The number of fused-ring (bicyclic) bond motifs is 1. The molecule has 2 aliphatic rings. The van der Waals surface area contributed by atoms with Crippen LogP contribution in [0.2, 0.25) is 0 Å². The van der Waals surface area contributed by atoms with Crippen LogP contribution in [0.5, 0.6) is 0 Å². The Morgan fingerprint density at radius 1 is 1.11 bits per heavy atom. The zero-order chi connectivity index (χ0) is 25.3. The van der Waals surface area contributed by atoms with Crippen LogP contribution in [-0.4, -0.2) is 57.6 Å². The van der Waals surface area contributed by atoms with Gasteiger partial charge in [-0.2, -0.15) is 0 Å². The molecule has 2 aromatic rings. The Kier molecular flexibility index (Phi) is 6.55. The Balaban J connectivity index is 1.46. The number of rotatable bonds is 3. The largest absolute Gasteiger partial charge is 0.444 e. The van der Waals surface area contributed by atoms with Crippen LogP contribution in [0.4, 0.5) is 24.2 Å². The van der Waals surface area contributed by atoms with Gasteiger partial charge in [-0.05, 0) is 45.7 Å². The number of nitrogens with one attached hydrogen (secondary N) is 3. The molecule has 0 aliphatic carbocycles. The number of benzene rings is 1. The van der Waals surface area contributed by atoms with Gasteiger partial charge in [0.15, 0.2) is 11.6 Å². The molecule has 0 saturated carbocycles. The van der Waals surface area contributed by atoms with Gasteiger partial charge in [0, 0.05) is 19.1 Å². The Labute approximate surface area is 200 Å². The standard InChI is InChI=1S/C23H26F2N6O4/c1-23(2,3)35-22(34)31-9-7-12(8-10-31)27-21(33)30-19-17-15(11-26-20(17)32)28-18(29-19)16-13(24)5-4-6-14(16)25/h4-6,12H,7-11H2,1-3H3,(H,26,32)(H2,27,28,29,30,33). The number of hydrogen-bond acceptors (Lipinski definition) is 6. The summed E-state index contributed by atoms with van der Waals surface area (Å²) in [6, 6.07) is 2.49. The second-order valence-corrected chi connectivity index (χ2v) is 9.34. The van der Waals surface area contributed by atoms with Crippen LogP contribution in [0.3, 0.4) is 0 Å². The zero-order valence-corrected chi connectivity index (χ0v) is 19.6. The van der Waals surface area contributed by atoms with E-state index in [1.807, 2.05) is 0 Å². The van der Waals surface area contributed by atoms with Gasteiger partial charge in [-0.25, -0.2) is 28.3 Å². The average Bonchev–Trinajstić information content (AvgIpc) is 3.14. The molecule has 4 amide bonds. The normalized spacial score (nSPS) is 15.9. The predicted molar refractivity (Wildman–Crippen MR) is 122 cm³/mol. The van der Waals surface area contributed by atoms with Gasteiger partial charge in [0.2, 0.25) is 0 Å². The highest BCUT2D eigenvalue weighted by molar-refractivity contribution is 6.05. The van der Waals surface area contributed by atoms with Gasteiger partial charge in [0.05, 0.1) is 17.8 Å². The van der Waals surface area contributed by atoms with Crippen molar-refractivity contribution < 1.29 is 27.9 Å². The van der Waals surface area contributed by atoms with Crippen molar-refractivity contribution in [2.24, 2.45) is 0 Å². The number of piperidine rings is 1. The molecule has 3 N–H and O–H groups in total. The first-order valence-corrected chi connectivity index (χ1v) is 11.2. The van der Waals surface area contributed by atoms with E-state index in [0.717, 1.165) is 12.1 Å². The van der Waals surface area contributed by atoms with E-state index in [1.165, 1.54) is 6.07 Å². The predicted octanol–water partition coefficient (Wildman–Crippen LogP) is 3.19. The molecule has 3 heterocycles. The van der Waals surface area contributed by atoms with Crippen molar-refractivity contribution in [3.05, 3.63) is 41.1 Å². The number of nitrogens with zero attached hydrogens (tertiary/aromatic N) is 3. The lowest BCUT2D eigenvalue weighted by Crippen LogP contribution is -2.48. The molecule has 1 saturated heterocycles. The number of halogens is 2. The minimum atomic E-state index is -0.866. The molecule has 0 atom stereocenters. The van der Waals surface area contributed by atoms with Crippen molar-refractivity contribution in [2.75, 3.05) is 18.4 Å². The fourth-order valence-electron chi connectivity index (χ4n) is 3.90. The molecule has 12 heteroatoms. The molecule has 1 aromatic heterocycles. The molecule has 0 spiro atoms. The first kappa shape index (κ1) is 24.3. The second kappa shape index (κ2) is 9.43. The minimum Gasteiger partial charge on any atom is -0.444 e.